The molecule has 0 bridgehead atoms. The second kappa shape index (κ2) is 11.8. The molecule has 1 amide bonds. The van der Waals surface area contributed by atoms with Gasteiger partial charge in [-0.1, -0.05) is 17.7 Å². The first-order valence-electron chi connectivity index (χ1n) is 11.2. The number of methoxy groups -OCH3 is 1. The summed E-state index contributed by atoms with van der Waals surface area (Å²) in [4.78, 5) is 18.5. The van der Waals surface area contributed by atoms with Crippen LogP contribution in [0.2, 0.25) is 0 Å². The highest BCUT2D eigenvalue weighted by atomic mass is 32.2. The summed E-state index contributed by atoms with van der Waals surface area (Å²) < 4.78 is 41.1. The van der Waals surface area contributed by atoms with E-state index < -0.39 is 10.1 Å². The monoisotopic (exact) mass is 498 g/mol. The first-order valence-corrected chi connectivity index (χ1v) is 12.6. The van der Waals surface area contributed by atoms with Gasteiger partial charge in [-0.3, -0.25) is 14.0 Å². The molecule has 8 nitrogen and oxygen atoms in total. The summed E-state index contributed by atoms with van der Waals surface area (Å²) in [5.41, 5.74) is 3.16. The van der Waals surface area contributed by atoms with E-state index in [4.69, 9.17) is 13.7 Å². The zero-order valence-corrected chi connectivity index (χ0v) is 21.2. The van der Waals surface area contributed by atoms with Crippen LogP contribution in [0.15, 0.2) is 65.7 Å². The first-order chi connectivity index (χ1) is 16.7. The molecule has 3 rings (SSSR count). The van der Waals surface area contributed by atoms with Crippen LogP contribution in [0.5, 0.6) is 11.5 Å². The topological polar surface area (TPSA) is 95.0 Å². The second-order valence-corrected chi connectivity index (χ2v) is 9.59. The predicted octanol–water partition coefficient (Wildman–Crippen LogP) is 4.43. The first kappa shape index (κ1) is 26.2. The van der Waals surface area contributed by atoms with Gasteiger partial charge in [0.25, 0.3) is 10.1 Å². The molecular formula is C26H30N2O6S. The maximum atomic E-state index is 12.4. The number of rotatable bonds is 11. The number of benzene rings is 2. The van der Waals surface area contributed by atoms with Crippen LogP contribution in [0.1, 0.15) is 30.2 Å². The lowest BCUT2D eigenvalue weighted by atomic mass is 10.1. The number of hydrogen-bond acceptors (Lipinski definition) is 7. The van der Waals surface area contributed by atoms with E-state index in [1.165, 1.54) is 19.1 Å². The minimum Gasteiger partial charge on any atom is -0.497 e. The molecule has 2 aromatic carbocycles. The Labute approximate surface area is 206 Å². The molecule has 0 saturated carbocycles. The van der Waals surface area contributed by atoms with Crippen molar-refractivity contribution in [2.75, 3.05) is 25.2 Å². The highest BCUT2D eigenvalue weighted by Crippen LogP contribution is 2.28. The van der Waals surface area contributed by atoms with Gasteiger partial charge in [-0.05, 0) is 56.3 Å². The van der Waals surface area contributed by atoms with E-state index in [1.54, 1.807) is 48.5 Å². The summed E-state index contributed by atoms with van der Waals surface area (Å²) >= 11 is 0. The van der Waals surface area contributed by atoms with Crippen molar-refractivity contribution in [3.05, 3.63) is 77.6 Å². The summed E-state index contributed by atoms with van der Waals surface area (Å²) in [6.45, 7) is 5.70. The van der Waals surface area contributed by atoms with Crippen molar-refractivity contribution in [1.82, 2.24) is 4.98 Å². The number of ether oxygens (including phenoxy) is 2. The van der Waals surface area contributed by atoms with Gasteiger partial charge in [-0.2, -0.15) is 8.42 Å². The lowest BCUT2D eigenvalue weighted by molar-refractivity contribution is -0.116. The Morgan fingerprint density at radius 1 is 1.03 bits per heavy atom. The van der Waals surface area contributed by atoms with Crippen LogP contribution in [-0.4, -0.2) is 39.6 Å². The molecule has 1 heterocycles. The number of nitrogens with zero attached hydrogens (tertiary/aromatic N) is 2. The van der Waals surface area contributed by atoms with Crippen molar-refractivity contribution in [3.8, 4) is 11.5 Å². The largest absolute Gasteiger partial charge is 0.497 e. The molecule has 1 aromatic heterocycles. The minimum absolute atomic E-state index is 0.0177. The summed E-state index contributed by atoms with van der Waals surface area (Å²) in [5.74, 6) is 1.07. The van der Waals surface area contributed by atoms with E-state index in [9.17, 15) is 13.2 Å². The zero-order chi connectivity index (χ0) is 25.4. The van der Waals surface area contributed by atoms with Gasteiger partial charge in [0.05, 0.1) is 43.1 Å². The van der Waals surface area contributed by atoms with Gasteiger partial charge in [0, 0.05) is 25.1 Å². The van der Waals surface area contributed by atoms with Crippen LogP contribution < -0.4 is 14.4 Å². The van der Waals surface area contributed by atoms with Crippen LogP contribution in [0.4, 0.5) is 5.69 Å². The average molecular weight is 499 g/mol. The molecule has 0 aliphatic carbocycles. The standard InChI is InChI=1S/C26H30N2O6S/c1-19-8-11-24(12-9-19)35(30,31)34-16-6-15-33-26-13-10-23(32-4)17-22(26)18-28(21(3)29)25-7-5-14-27-20(25)2/h5,7-14,17H,6,15-16,18H2,1-4H3. The minimum atomic E-state index is -3.82. The number of carbonyl (C=O) groups excluding carboxylic acids is 1. The molecule has 0 spiro atoms. The van der Waals surface area contributed by atoms with E-state index >= 15 is 0 Å². The van der Waals surface area contributed by atoms with Crippen LogP contribution >= 0.6 is 0 Å². The van der Waals surface area contributed by atoms with Gasteiger partial charge < -0.3 is 14.4 Å². The Balaban J connectivity index is 1.66. The molecule has 0 radical (unpaired) electrons. The molecule has 0 saturated heterocycles. The number of pyridine rings is 1. The molecule has 3 aromatic rings. The maximum absolute atomic E-state index is 12.4. The molecule has 0 unspecified atom stereocenters. The molecule has 0 fully saturated rings. The van der Waals surface area contributed by atoms with Crippen molar-refractivity contribution >= 4 is 21.7 Å². The highest BCUT2D eigenvalue weighted by Gasteiger charge is 2.18. The SMILES string of the molecule is COc1ccc(OCCCOS(=O)(=O)c2ccc(C)cc2)c(CN(C(C)=O)c2cccnc2C)c1. The van der Waals surface area contributed by atoms with E-state index in [0.29, 0.717) is 23.6 Å². The van der Waals surface area contributed by atoms with Crippen LogP contribution in [0.3, 0.4) is 0 Å². The van der Waals surface area contributed by atoms with Crippen molar-refractivity contribution in [1.29, 1.82) is 0 Å². The van der Waals surface area contributed by atoms with Gasteiger partial charge in [-0.25, -0.2) is 0 Å². The molecule has 9 heteroatoms. The van der Waals surface area contributed by atoms with Crippen molar-refractivity contribution in [2.45, 2.75) is 38.6 Å². The number of hydrogen-bond donors (Lipinski definition) is 0. The van der Waals surface area contributed by atoms with Crippen LogP contribution in [-0.2, 0) is 25.6 Å². The molecule has 0 aliphatic rings. The van der Waals surface area contributed by atoms with Gasteiger partial charge >= 0.3 is 0 Å². The Bertz CT molecular complexity index is 1260. The number of anilines is 1. The molecule has 0 aliphatic heterocycles. The van der Waals surface area contributed by atoms with Crippen LogP contribution in [0.25, 0.3) is 0 Å². The Kier molecular flexibility index (Phi) is 8.84. The average Bonchev–Trinajstić information content (AvgIpc) is 2.83. The lowest BCUT2D eigenvalue weighted by Crippen LogP contribution is -2.29. The van der Waals surface area contributed by atoms with Crippen LogP contribution in [0, 0.1) is 13.8 Å². The van der Waals surface area contributed by atoms with E-state index in [-0.39, 0.29) is 30.6 Å². The summed E-state index contributed by atoms with van der Waals surface area (Å²) in [6.07, 6.45) is 2.03. The summed E-state index contributed by atoms with van der Waals surface area (Å²) in [6, 6.07) is 15.5. The van der Waals surface area contributed by atoms with Crippen molar-refractivity contribution in [2.24, 2.45) is 0 Å². The fourth-order valence-corrected chi connectivity index (χ4v) is 4.37. The number of aromatic nitrogens is 1. The quantitative estimate of drug-likeness (QED) is 0.285. The summed E-state index contributed by atoms with van der Waals surface area (Å²) in [5, 5.41) is 0. The molecular weight excluding hydrogens is 468 g/mol. The van der Waals surface area contributed by atoms with Gasteiger partial charge in [-0.15, -0.1) is 0 Å². The third-order valence-corrected chi connectivity index (χ3v) is 6.67. The zero-order valence-electron chi connectivity index (χ0n) is 20.4. The van der Waals surface area contributed by atoms with Gasteiger partial charge in [0.2, 0.25) is 5.91 Å². The molecule has 0 N–H and O–H groups in total. The van der Waals surface area contributed by atoms with E-state index in [2.05, 4.69) is 4.98 Å². The smallest absolute Gasteiger partial charge is 0.296 e. The second-order valence-electron chi connectivity index (χ2n) is 7.98. The molecule has 186 valence electrons. The Hall–Kier alpha value is -3.43. The fraction of sp³-hybridized carbons (Fsp3) is 0.308. The Morgan fingerprint density at radius 2 is 1.77 bits per heavy atom. The maximum Gasteiger partial charge on any atom is 0.296 e. The predicted molar refractivity (Wildman–Crippen MR) is 133 cm³/mol. The number of carbonyl (C=O) groups is 1. The van der Waals surface area contributed by atoms with Gasteiger partial charge in [0.15, 0.2) is 0 Å². The highest BCUT2D eigenvalue weighted by molar-refractivity contribution is 7.86. The third kappa shape index (κ3) is 7.03. The fourth-order valence-electron chi connectivity index (χ4n) is 3.43. The van der Waals surface area contributed by atoms with E-state index in [1.807, 2.05) is 26.0 Å². The molecule has 35 heavy (non-hydrogen) atoms. The number of aryl methyl sites for hydroxylation is 2. The molecule has 0 atom stereocenters. The van der Waals surface area contributed by atoms with Crippen molar-refractivity contribution < 1.29 is 26.9 Å². The Morgan fingerprint density at radius 3 is 2.43 bits per heavy atom. The lowest BCUT2D eigenvalue weighted by Gasteiger charge is -2.24. The van der Waals surface area contributed by atoms with Crippen molar-refractivity contribution in [3.63, 3.8) is 0 Å². The third-order valence-electron chi connectivity index (χ3n) is 5.34. The number of amides is 1. The normalized spacial score (nSPS) is 11.2. The van der Waals surface area contributed by atoms with Gasteiger partial charge in [0.1, 0.15) is 11.5 Å². The summed E-state index contributed by atoms with van der Waals surface area (Å²) in [7, 11) is -2.25. The van der Waals surface area contributed by atoms with E-state index in [0.717, 1.165) is 16.8 Å².